The lowest BCUT2D eigenvalue weighted by Crippen LogP contribution is -2.55. The average Bonchev–Trinajstić information content (AvgIpc) is 3.18. The Hall–Kier alpha value is -1.10. The zero-order valence-corrected chi connectivity index (χ0v) is 12.6. The summed E-state index contributed by atoms with van der Waals surface area (Å²) in [5.74, 6) is 1.25. The van der Waals surface area contributed by atoms with Gasteiger partial charge in [0.05, 0.1) is 0 Å². The molecule has 1 atom stereocenters. The van der Waals surface area contributed by atoms with E-state index in [9.17, 15) is 4.79 Å². The average molecular weight is 278 g/mol. The van der Waals surface area contributed by atoms with Crippen molar-refractivity contribution in [2.75, 3.05) is 19.6 Å². The molecule has 2 amide bonds. The molecule has 0 aromatic heterocycles. The van der Waals surface area contributed by atoms with Crippen LogP contribution in [0.4, 0.5) is 4.79 Å². The minimum Gasteiger partial charge on any atom is -0.385 e. The number of hydrogen-bond acceptors (Lipinski definition) is 3. The Morgan fingerprint density at radius 3 is 2.75 bits per heavy atom. The highest BCUT2D eigenvalue weighted by atomic mass is 16.2. The van der Waals surface area contributed by atoms with Gasteiger partial charge in [0.25, 0.3) is 0 Å². The first-order valence-corrected chi connectivity index (χ1v) is 7.93. The summed E-state index contributed by atoms with van der Waals surface area (Å²) in [5.41, 5.74) is 5.89. The molecule has 0 aromatic rings. The number of nitrogens with two attached hydrogens (primary N) is 1. The molecule has 20 heavy (non-hydrogen) atoms. The smallest absolute Gasteiger partial charge is 0.346 e. The van der Waals surface area contributed by atoms with Crippen molar-refractivity contribution in [2.45, 2.75) is 57.5 Å². The van der Waals surface area contributed by atoms with Crippen LogP contribution in [0.15, 0.2) is 4.99 Å². The Morgan fingerprint density at radius 2 is 2.10 bits per heavy atom. The normalized spacial score (nSPS) is 32.0. The first-order valence-electron chi connectivity index (χ1n) is 7.93. The number of rotatable bonds is 3. The second-order valence-electron chi connectivity index (χ2n) is 6.85. The van der Waals surface area contributed by atoms with Gasteiger partial charge in [0, 0.05) is 19.1 Å². The second-order valence-corrected chi connectivity index (χ2v) is 6.85. The number of urea groups is 1. The SMILES string of the molecule is CC(C)N1CCCC2(CC1)C(N)=NC(=O)N2CC1CC1. The molecule has 5 nitrogen and oxygen atoms in total. The number of carbonyl (C=O) groups excluding carboxylic acids is 1. The van der Waals surface area contributed by atoms with E-state index >= 15 is 0 Å². The van der Waals surface area contributed by atoms with Crippen molar-refractivity contribution in [1.82, 2.24) is 9.80 Å². The topological polar surface area (TPSA) is 61.9 Å². The predicted octanol–water partition coefficient (Wildman–Crippen LogP) is 1.82. The Balaban J connectivity index is 1.80. The fourth-order valence-corrected chi connectivity index (χ4v) is 3.58. The van der Waals surface area contributed by atoms with E-state index in [4.69, 9.17) is 5.73 Å². The van der Waals surface area contributed by atoms with Crippen LogP contribution in [0.3, 0.4) is 0 Å². The number of amides is 2. The van der Waals surface area contributed by atoms with Crippen molar-refractivity contribution in [3.63, 3.8) is 0 Å². The number of amidine groups is 1. The van der Waals surface area contributed by atoms with E-state index in [2.05, 4.69) is 23.7 Å². The molecule has 1 saturated heterocycles. The molecule has 112 valence electrons. The largest absolute Gasteiger partial charge is 0.385 e. The van der Waals surface area contributed by atoms with Crippen LogP contribution in [0.1, 0.15) is 46.0 Å². The van der Waals surface area contributed by atoms with Crippen molar-refractivity contribution in [3.05, 3.63) is 0 Å². The van der Waals surface area contributed by atoms with E-state index < -0.39 is 0 Å². The minimum absolute atomic E-state index is 0.104. The first-order chi connectivity index (χ1) is 9.53. The van der Waals surface area contributed by atoms with Crippen LogP contribution in [-0.4, -0.2) is 52.9 Å². The van der Waals surface area contributed by atoms with Crippen LogP contribution >= 0.6 is 0 Å². The molecular weight excluding hydrogens is 252 g/mol. The Kier molecular flexibility index (Phi) is 3.48. The molecule has 2 fully saturated rings. The second kappa shape index (κ2) is 5.02. The maximum Gasteiger partial charge on any atom is 0.346 e. The van der Waals surface area contributed by atoms with E-state index in [0.29, 0.717) is 17.8 Å². The summed E-state index contributed by atoms with van der Waals surface area (Å²) < 4.78 is 0. The molecule has 1 spiro atoms. The summed E-state index contributed by atoms with van der Waals surface area (Å²) in [6.45, 7) is 7.42. The molecule has 1 unspecified atom stereocenters. The molecule has 1 aliphatic carbocycles. The molecular formula is C15H26N4O. The summed E-state index contributed by atoms with van der Waals surface area (Å²) in [5, 5.41) is 0. The molecule has 3 rings (SSSR count). The first kappa shape index (κ1) is 13.9. The maximum absolute atomic E-state index is 12.2. The van der Waals surface area contributed by atoms with Crippen LogP contribution in [0.25, 0.3) is 0 Å². The molecule has 2 aliphatic heterocycles. The standard InChI is InChI=1S/C15H26N4O/c1-11(2)18-8-3-6-15(7-9-18)13(16)17-14(20)19(15)10-12-4-5-12/h11-12H,3-10H2,1-2H3,(H2,16,17,20). The lowest BCUT2D eigenvalue weighted by atomic mass is 9.88. The zero-order chi connectivity index (χ0) is 14.3. The number of likely N-dealkylation sites (tertiary alicyclic amines) is 1. The fraction of sp³-hybridized carbons (Fsp3) is 0.867. The molecule has 1 saturated carbocycles. The molecule has 3 aliphatic rings. The van der Waals surface area contributed by atoms with Gasteiger partial charge in [-0.3, -0.25) is 0 Å². The lowest BCUT2D eigenvalue weighted by molar-refractivity contribution is 0.152. The van der Waals surface area contributed by atoms with Gasteiger partial charge in [0.15, 0.2) is 0 Å². The monoisotopic (exact) mass is 278 g/mol. The van der Waals surface area contributed by atoms with Crippen molar-refractivity contribution >= 4 is 11.9 Å². The summed E-state index contributed by atoms with van der Waals surface area (Å²) in [6, 6.07) is 0.449. The van der Waals surface area contributed by atoms with Gasteiger partial charge in [-0.2, -0.15) is 4.99 Å². The fourth-order valence-electron chi connectivity index (χ4n) is 3.58. The molecule has 2 heterocycles. The third kappa shape index (κ3) is 2.32. The molecule has 5 heteroatoms. The quantitative estimate of drug-likeness (QED) is 0.856. The predicted molar refractivity (Wildman–Crippen MR) is 79.7 cm³/mol. The van der Waals surface area contributed by atoms with Crippen LogP contribution in [0, 0.1) is 5.92 Å². The Bertz CT molecular complexity index is 430. The highest BCUT2D eigenvalue weighted by molar-refractivity contribution is 6.05. The van der Waals surface area contributed by atoms with Gasteiger partial charge < -0.3 is 15.5 Å². The molecule has 0 aromatic carbocycles. The number of aliphatic imine (C=N–C) groups is 1. The van der Waals surface area contributed by atoms with Gasteiger partial charge in [0.1, 0.15) is 11.4 Å². The van der Waals surface area contributed by atoms with Crippen LogP contribution in [0.5, 0.6) is 0 Å². The lowest BCUT2D eigenvalue weighted by Gasteiger charge is -2.37. The van der Waals surface area contributed by atoms with Crippen LogP contribution < -0.4 is 5.73 Å². The summed E-state index contributed by atoms with van der Waals surface area (Å²) in [4.78, 5) is 20.8. The number of nitrogens with zero attached hydrogens (tertiary/aromatic N) is 3. The Morgan fingerprint density at radius 1 is 1.35 bits per heavy atom. The molecule has 0 bridgehead atoms. The third-order valence-corrected chi connectivity index (χ3v) is 5.16. The van der Waals surface area contributed by atoms with Gasteiger partial charge in [-0.25, -0.2) is 4.79 Å². The van der Waals surface area contributed by atoms with E-state index in [0.717, 1.165) is 38.9 Å². The highest BCUT2D eigenvalue weighted by Gasteiger charge is 2.50. The van der Waals surface area contributed by atoms with Gasteiger partial charge in [-0.1, -0.05) is 0 Å². The van der Waals surface area contributed by atoms with Crippen molar-refractivity contribution in [3.8, 4) is 0 Å². The highest BCUT2D eigenvalue weighted by Crippen LogP contribution is 2.39. The summed E-state index contributed by atoms with van der Waals surface area (Å²) >= 11 is 0. The van der Waals surface area contributed by atoms with Crippen molar-refractivity contribution < 1.29 is 4.79 Å². The number of carbonyl (C=O) groups is 1. The van der Waals surface area contributed by atoms with E-state index in [1.807, 2.05) is 4.90 Å². The zero-order valence-electron chi connectivity index (χ0n) is 12.6. The maximum atomic E-state index is 12.2. The van der Waals surface area contributed by atoms with Gasteiger partial charge in [-0.05, 0) is 58.4 Å². The van der Waals surface area contributed by atoms with E-state index in [1.54, 1.807) is 0 Å². The minimum atomic E-state index is -0.288. The number of hydrogen-bond donors (Lipinski definition) is 1. The molecule has 0 radical (unpaired) electrons. The van der Waals surface area contributed by atoms with E-state index in [-0.39, 0.29) is 11.6 Å². The van der Waals surface area contributed by atoms with Gasteiger partial charge >= 0.3 is 6.03 Å². The van der Waals surface area contributed by atoms with Gasteiger partial charge in [-0.15, -0.1) is 0 Å². The van der Waals surface area contributed by atoms with Crippen LogP contribution in [0.2, 0.25) is 0 Å². The van der Waals surface area contributed by atoms with Crippen molar-refractivity contribution in [1.29, 1.82) is 0 Å². The summed E-state index contributed by atoms with van der Waals surface area (Å²) in [7, 11) is 0. The van der Waals surface area contributed by atoms with Crippen molar-refractivity contribution in [2.24, 2.45) is 16.6 Å². The van der Waals surface area contributed by atoms with Crippen LogP contribution in [-0.2, 0) is 0 Å². The van der Waals surface area contributed by atoms with E-state index in [1.165, 1.54) is 12.8 Å². The molecule has 2 N–H and O–H groups in total. The Labute approximate surface area is 121 Å². The van der Waals surface area contributed by atoms with Gasteiger partial charge in [0.2, 0.25) is 0 Å². The summed E-state index contributed by atoms with van der Waals surface area (Å²) in [6.07, 6.45) is 5.47. The third-order valence-electron chi connectivity index (χ3n) is 5.16.